The minimum Gasteiger partial charge on any atom is -1.00 e. The molecule has 0 radical (unpaired) electrons. The number of rotatable bonds is 3. The summed E-state index contributed by atoms with van der Waals surface area (Å²) in [7, 11) is 0. The van der Waals surface area contributed by atoms with Crippen molar-refractivity contribution < 1.29 is 116 Å². The summed E-state index contributed by atoms with van der Waals surface area (Å²) in [6.45, 7) is 0. The molecule has 0 amide bonds. The van der Waals surface area contributed by atoms with E-state index in [0.29, 0.717) is 0 Å². The van der Waals surface area contributed by atoms with Gasteiger partial charge in [-0.2, -0.15) is 52.6 Å². The topological polar surface area (TPSA) is 0 Å². The zero-order chi connectivity index (χ0) is 30.3. The molecular weight excluding hydrogens is 924 g/mol. The van der Waals surface area contributed by atoms with Crippen molar-refractivity contribution in [1.29, 1.82) is 0 Å². The predicted octanol–water partition coefficient (Wildman–Crippen LogP) is 3.68. The summed E-state index contributed by atoms with van der Waals surface area (Å²) in [6.07, 6.45) is 0. The van der Waals surface area contributed by atoms with Gasteiger partial charge < -0.3 is 50.9 Å². The second-order valence-corrected chi connectivity index (χ2v) is 11.2. The van der Waals surface area contributed by atoms with Gasteiger partial charge in [0.05, 0.1) is 0 Å². The molecule has 246 valence electrons. The monoisotopic (exact) mass is 954 g/mol. The maximum absolute atomic E-state index is 2.24. The van der Waals surface area contributed by atoms with Crippen molar-refractivity contribution in [2.45, 2.75) is 0 Å². The molecule has 9 rings (SSSR count). The number of fused-ring (bicyclic) bond motifs is 3. The summed E-state index contributed by atoms with van der Waals surface area (Å²) in [4.78, 5) is 0. The largest absolute Gasteiger partial charge is 2.00 e. The van der Waals surface area contributed by atoms with Crippen LogP contribution in [0.2, 0.25) is 0 Å². The molecule has 0 spiro atoms. The van der Waals surface area contributed by atoms with Crippen molar-refractivity contribution in [3.05, 3.63) is 200 Å². The number of hydrogen-bond acceptors (Lipinski definition) is 0. The summed E-state index contributed by atoms with van der Waals surface area (Å²) in [5.41, 5.74) is 7.69. The van der Waals surface area contributed by atoms with E-state index in [9.17, 15) is 0 Å². The molecule has 0 bridgehead atoms. The summed E-state index contributed by atoms with van der Waals surface area (Å²) < 4.78 is 0. The number of benzene rings is 6. The van der Waals surface area contributed by atoms with Crippen LogP contribution in [-0.4, -0.2) is 0 Å². The van der Waals surface area contributed by atoms with E-state index in [1.807, 2.05) is 18.2 Å². The smallest absolute Gasteiger partial charge is 1.00 e. The van der Waals surface area contributed by atoms with Crippen LogP contribution in [0.25, 0.3) is 65.7 Å². The first kappa shape index (κ1) is 46.8. The summed E-state index contributed by atoms with van der Waals surface area (Å²) in [6, 6.07) is 70.4. The van der Waals surface area contributed by atoms with Crippen LogP contribution in [0.1, 0.15) is 0 Å². The van der Waals surface area contributed by atoms with E-state index in [1.165, 1.54) is 65.7 Å². The number of hydrogen-bond donors (Lipinski definition) is 0. The van der Waals surface area contributed by atoms with Gasteiger partial charge in [0, 0.05) is 0 Å². The zero-order valence-corrected chi connectivity index (χ0v) is 37.1. The van der Waals surface area contributed by atoms with Gasteiger partial charge in [0.1, 0.15) is 0 Å². The van der Waals surface area contributed by atoms with Crippen LogP contribution in [0.15, 0.2) is 200 Å². The van der Waals surface area contributed by atoms with Gasteiger partial charge in [0.2, 0.25) is 0 Å². The van der Waals surface area contributed by atoms with Crippen molar-refractivity contribution >= 4 is 32.3 Å². The van der Waals surface area contributed by atoms with Crippen molar-refractivity contribution in [2.75, 3.05) is 0 Å². The Labute approximate surface area is 377 Å². The van der Waals surface area contributed by atoms with Crippen molar-refractivity contribution in [1.82, 2.24) is 0 Å². The maximum atomic E-state index is 2.24. The van der Waals surface area contributed by atoms with Gasteiger partial charge in [-0.1, -0.05) is 127 Å². The van der Waals surface area contributed by atoms with Crippen LogP contribution in [-0.2, 0) is 65.2 Å². The minimum absolute atomic E-state index is 0. The number of halogens is 3. The summed E-state index contributed by atoms with van der Waals surface area (Å²) in [5.74, 6) is 0. The molecule has 51 heavy (non-hydrogen) atoms. The van der Waals surface area contributed by atoms with Gasteiger partial charge in [-0.15, -0.1) is 52.6 Å². The van der Waals surface area contributed by atoms with E-state index in [1.54, 1.807) is 0 Å². The first-order chi connectivity index (χ1) is 22.3. The van der Waals surface area contributed by atoms with Crippen LogP contribution >= 0.6 is 0 Å². The van der Waals surface area contributed by atoms with E-state index in [0.717, 1.165) is 0 Å². The van der Waals surface area contributed by atoms with Gasteiger partial charge in [0.25, 0.3) is 0 Å². The Balaban J connectivity index is 0.000000361. The second-order valence-electron chi connectivity index (χ2n) is 11.2. The van der Waals surface area contributed by atoms with Crippen molar-refractivity contribution in [3.63, 3.8) is 0 Å². The Kier molecular flexibility index (Phi) is 21.5. The normalized spacial score (nSPS) is 9.41. The standard InChI is InChI=1S/3C15H11.3BrH.3Ti/c3*1-2-5-12(6-3-1)15-10-9-13-7-4-8-14(13)11-15;;;;;;/h3*1-11H;3*1H;;;/q3*-1;;;;3*+2/p-3. The molecule has 0 aliphatic carbocycles. The summed E-state index contributed by atoms with van der Waals surface area (Å²) >= 11 is 0. The molecule has 0 unspecified atom stereocenters. The third-order valence-electron chi connectivity index (χ3n) is 8.24. The molecule has 0 aliphatic heterocycles. The molecule has 0 aromatic heterocycles. The third kappa shape index (κ3) is 12.1. The Morgan fingerprint density at radius 2 is 0.510 bits per heavy atom. The molecule has 0 fully saturated rings. The molecule has 0 N–H and O–H groups in total. The molecule has 0 aliphatic rings. The third-order valence-corrected chi connectivity index (χ3v) is 8.24. The molecular formula is C45H33Br3Ti3. The Bertz CT molecular complexity index is 2010. The Hall–Kier alpha value is -2.27. The second kappa shape index (κ2) is 23.4. The van der Waals surface area contributed by atoms with Crippen LogP contribution < -0.4 is 50.9 Å². The zero-order valence-electron chi connectivity index (χ0n) is 27.7. The van der Waals surface area contributed by atoms with Gasteiger partial charge >= 0.3 is 65.2 Å². The average Bonchev–Trinajstić information content (AvgIpc) is 3.90. The van der Waals surface area contributed by atoms with Crippen molar-refractivity contribution in [2.24, 2.45) is 0 Å². The van der Waals surface area contributed by atoms with E-state index in [2.05, 4.69) is 182 Å². The molecule has 6 heteroatoms. The fraction of sp³-hybridized carbons (Fsp3) is 0. The van der Waals surface area contributed by atoms with E-state index in [4.69, 9.17) is 0 Å². The molecule has 0 heterocycles. The summed E-state index contributed by atoms with van der Waals surface area (Å²) in [5, 5.41) is 7.89. The Morgan fingerprint density at radius 3 is 0.765 bits per heavy atom. The fourth-order valence-corrected chi connectivity index (χ4v) is 5.81. The van der Waals surface area contributed by atoms with Crippen molar-refractivity contribution in [3.8, 4) is 33.4 Å². The van der Waals surface area contributed by atoms with E-state index >= 15 is 0 Å². The molecule has 0 atom stereocenters. The SMILES string of the molecule is [Br-].[Br-].[Br-].[Ti+2].[Ti+2].[Ti+2].c1ccc(-c2ccc3[cH-]ccc3c2)cc1.c1ccc(-c2ccc3[cH-]ccc3c2)cc1.c1ccc(-c2ccc3[cH-]ccc3c2)cc1. The Morgan fingerprint density at radius 1 is 0.255 bits per heavy atom. The first-order valence-corrected chi connectivity index (χ1v) is 15.4. The maximum Gasteiger partial charge on any atom is 2.00 e. The van der Waals surface area contributed by atoms with Crippen LogP contribution in [0.5, 0.6) is 0 Å². The molecule has 9 aromatic carbocycles. The van der Waals surface area contributed by atoms with Crippen LogP contribution in [0, 0.1) is 0 Å². The molecule has 0 saturated carbocycles. The van der Waals surface area contributed by atoms with E-state index in [-0.39, 0.29) is 116 Å². The van der Waals surface area contributed by atoms with Gasteiger partial charge in [-0.05, 0) is 33.4 Å². The predicted molar refractivity (Wildman–Crippen MR) is 195 cm³/mol. The average molecular weight is 957 g/mol. The fourth-order valence-electron chi connectivity index (χ4n) is 5.81. The molecule has 9 aromatic rings. The van der Waals surface area contributed by atoms with Gasteiger partial charge in [-0.25, -0.2) is 0 Å². The quantitative estimate of drug-likeness (QED) is 0.188. The molecule has 0 nitrogen and oxygen atoms in total. The minimum atomic E-state index is 0. The van der Waals surface area contributed by atoms with Gasteiger partial charge in [-0.3, -0.25) is 0 Å². The van der Waals surface area contributed by atoms with E-state index < -0.39 is 0 Å². The van der Waals surface area contributed by atoms with Gasteiger partial charge in [0.15, 0.2) is 0 Å². The van der Waals surface area contributed by atoms with Crippen LogP contribution in [0.4, 0.5) is 0 Å². The first-order valence-electron chi connectivity index (χ1n) is 15.4. The van der Waals surface area contributed by atoms with Crippen LogP contribution in [0.3, 0.4) is 0 Å². The molecule has 0 saturated heterocycles.